The van der Waals surface area contributed by atoms with Gasteiger partial charge in [-0.25, -0.2) is 0 Å². The molecule has 2 atom stereocenters. The molecule has 0 aromatic heterocycles. The van der Waals surface area contributed by atoms with E-state index in [-0.39, 0.29) is 26.1 Å². The van der Waals surface area contributed by atoms with Crippen LogP contribution in [-0.4, -0.2) is 70.0 Å². The minimum Gasteiger partial charge on any atom is -0.756 e. The van der Waals surface area contributed by atoms with Gasteiger partial charge in [-0.3, -0.25) is 14.2 Å². The number of esters is 2. The molecule has 0 aliphatic heterocycles. The number of likely N-dealkylation sites (N-methyl/N-ethyl adjacent to an activating group) is 1. The van der Waals surface area contributed by atoms with Gasteiger partial charge in [0.1, 0.15) is 19.8 Å². The van der Waals surface area contributed by atoms with E-state index in [2.05, 4.69) is 135 Å². The molecule has 0 rings (SSSR count). The number of rotatable bonds is 44. The lowest BCUT2D eigenvalue weighted by Gasteiger charge is -2.28. The Bertz CT molecular complexity index is 1530. The van der Waals surface area contributed by atoms with Crippen LogP contribution in [0.5, 0.6) is 0 Å². The van der Waals surface area contributed by atoms with Crippen LogP contribution in [-0.2, 0) is 32.7 Å². The average Bonchev–Trinajstić information content (AvgIpc) is 3.27. The highest BCUT2D eigenvalue weighted by Crippen LogP contribution is 2.38. The number of nitrogens with zero attached hydrogens (tertiary/aromatic N) is 1. The van der Waals surface area contributed by atoms with Gasteiger partial charge in [-0.15, -0.1) is 0 Å². The molecule has 0 N–H and O–H groups in total. The zero-order valence-corrected chi connectivity index (χ0v) is 43.0. The zero-order chi connectivity index (χ0) is 48.5. The van der Waals surface area contributed by atoms with Crippen molar-refractivity contribution in [2.75, 3.05) is 47.5 Å². The molecule has 0 saturated carbocycles. The predicted octanol–water partition coefficient (Wildman–Crippen LogP) is 14.6. The lowest BCUT2D eigenvalue weighted by Crippen LogP contribution is -2.37. The monoisotopic (exact) mass is 938 g/mol. The predicted molar refractivity (Wildman–Crippen MR) is 277 cm³/mol. The van der Waals surface area contributed by atoms with Gasteiger partial charge in [0.15, 0.2) is 6.10 Å². The molecule has 0 fully saturated rings. The van der Waals surface area contributed by atoms with E-state index in [1.54, 1.807) is 0 Å². The van der Waals surface area contributed by atoms with Gasteiger partial charge in [-0.2, -0.15) is 0 Å². The molecule has 0 aromatic carbocycles. The van der Waals surface area contributed by atoms with Gasteiger partial charge < -0.3 is 27.9 Å². The van der Waals surface area contributed by atoms with Crippen LogP contribution in [0.2, 0.25) is 0 Å². The minimum atomic E-state index is -4.64. The fourth-order valence-corrected chi connectivity index (χ4v) is 6.82. The number of hydrogen-bond acceptors (Lipinski definition) is 8. The normalized spacial score (nSPS) is 14.5. The summed E-state index contributed by atoms with van der Waals surface area (Å²) in [6.07, 6.45) is 65.6. The van der Waals surface area contributed by atoms with Gasteiger partial charge in [0.05, 0.1) is 27.7 Å². The number of carbonyl (C=O) groups is 2. The van der Waals surface area contributed by atoms with Crippen LogP contribution in [0.15, 0.2) is 122 Å². The molecule has 0 aromatic rings. The van der Waals surface area contributed by atoms with Crippen molar-refractivity contribution in [3.05, 3.63) is 122 Å². The third-order valence-corrected chi connectivity index (χ3v) is 11.0. The fourth-order valence-electron chi connectivity index (χ4n) is 6.09. The Balaban J connectivity index is 4.17. The van der Waals surface area contributed by atoms with Crippen LogP contribution in [0.4, 0.5) is 0 Å². The smallest absolute Gasteiger partial charge is 0.306 e. The summed E-state index contributed by atoms with van der Waals surface area (Å²) in [5.74, 6) is -0.882. The Morgan fingerprint density at radius 1 is 0.485 bits per heavy atom. The Hall–Kier alpha value is -3.59. The van der Waals surface area contributed by atoms with Gasteiger partial charge in [0, 0.05) is 12.8 Å². The second kappa shape index (κ2) is 46.5. The Morgan fingerprint density at radius 2 is 0.864 bits per heavy atom. The lowest BCUT2D eigenvalue weighted by molar-refractivity contribution is -0.870. The molecule has 0 spiro atoms. The second-order valence-corrected chi connectivity index (χ2v) is 18.9. The van der Waals surface area contributed by atoms with Crippen LogP contribution in [0.1, 0.15) is 168 Å². The van der Waals surface area contributed by atoms with Crippen LogP contribution < -0.4 is 4.89 Å². The van der Waals surface area contributed by atoms with Crippen molar-refractivity contribution < 1.29 is 42.1 Å². The van der Waals surface area contributed by atoms with Crippen molar-refractivity contribution in [2.45, 2.75) is 174 Å². The van der Waals surface area contributed by atoms with E-state index in [1.807, 2.05) is 21.1 Å². The summed E-state index contributed by atoms with van der Waals surface area (Å²) in [6, 6.07) is 0. The first kappa shape index (κ1) is 62.4. The molecule has 0 heterocycles. The quantitative estimate of drug-likeness (QED) is 0.0195. The van der Waals surface area contributed by atoms with Crippen molar-refractivity contribution in [1.29, 1.82) is 0 Å². The molecule has 0 radical (unpaired) electrons. The maximum Gasteiger partial charge on any atom is 0.306 e. The number of allylic oxidation sites excluding steroid dienone is 20. The fraction of sp³-hybridized carbons (Fsp3) is 0.607. The standard InChI is InChI=1S/C56H92NO8P/c1-6-8-10-12-14-15-16-17-18-19-20-21-22-23-24-25-26-27-28-29-30-31-32-33-34-35-36-37-38-39-40-41-43-45-47-49-56(59)65-54(53-64-66(60,61)63-51-50-57(3,4)5)52-62-55(58)48-46-44-42-13-11-9-7-2/h8,10,14-15,17-18,20-21,23-24,26-27,29-30,32-33,35-36,38-39,54H,6-7,9,11-13,16,19,22,25,28,31,34,37,40-53H2,1-5H3/b10-8-,15-14-,18-17-,21-20-,24-23-,27-26-,30-29-,33-32-,36-35-,39-38-. The minimum absolute atomic E-state index is 0.0421. The molecular formula is C56H92NO8P. The van der Waals surface area contributed by atoms with Crippen molar-refractivity contribution in [2.24, 2.45) is 0 Å². The number of hydrogen-bond donors (Lipinski definition) is 0. The number of unbranched alkanes of at least 4 members (excludes halogenated alkanes) is 10. The summed E-state index contributed by atoms with van der Waals surface area (Å²) in [5, 5.41) is 0. The molecule has 66 heavy (non-hydrogen) atoms. The van der Waals surface area contributed by atoms with E-state index in [9.17, 15) is 19.0 Å². The highest BCUT2D eigenvalue weighted by Gasteiger charge is 2.21. The number of phosphoric ester groups is 1. The summed E-state index contributed by atoms with van der Waals surface area (Å²) in [5.41, 5.74) is 0. The Morgan fingerprint density at radius 3 is 1.29 bits per heavy atom. The summed E-state index contributed by atoms with van der Waals surface area (Å²) in [4.78, 5) is 37.4. The number of carbonyl (C=O) groups excluding carboxylic acids is 2. The molecule has 9 nitrogen and oxygen atoms in total. The molecule has 0 aliphatic rings. The van der Waals surface area contributed by atoms with E-state index in [1.165, 1.54) is 19.3 Å². The van der Waals surface area contributed by atoms with Crippen molar-refractivity contribution in [1.82, 2.24) is 0 Å². The third-order valence-electron chi connectivity index (χ3n) is 10.00. The summed E-state index contributed by atoms with van der Waals surface area (Å²) >= 11 is 0. The molecule has 0 aliphatic carbocycles. The molecular weight excluding hydrogens is 846 g/mol. The van der Waals surface area contributed by atoms with Crippen LogP contribution in [0, 0.1) is 0 Å². The molecule has 0 bridgehead atoms. The maximum atomic E-state index is 12.7. The average molecular weight is 938 g/mol. The first-order valence-corrected chi connectivity index (χ1v) is 26.7. The molecule has 10 heteroatoms. The topological polar surface area (TPSA) is 111 Å². The van der Waals surface area contributed by atoms with Gasteiger partial charge in [-0.1, -0.05) is 187 Å². The Kier molecular flexibility index (Phi) is 44.0. The summed E-state index contributed by atoms with van der Waals surface area (Å²) < 4.78 is 33.8. The largest absolute Gasteiger partial charge is 0.756 e. The highest BCUT2D eigenvalue weighted by atomic mass is 31.2. The van der Waals surface area contributed by atoms with Crippen molar-refractivity contribution in [3.8, 4) is 0 Å². The Labute approximate surface area is 403 Å². The van der Waals surface area contributed by atoms with Crippen LogP contribution in [0.25, 0.3) is 0 Å². The van der Waals surface area contributed by atoms with Gasteiger partial charge in [0.25, 0.3) is 7.82 Å². The summed E-state index contributed by atoms with van der Waals surface area (Å²) in [6.45, 7) is 4.00. The zero-order valence-electron chi connectivity index (χ0n) is 42.1. The van der Waals surface area contributed by atoms with Gasteiger partial charge in [-0.05, 0) is 89.9 Å². The third kappa shape index (κ3) is 49.8. The van der Waals surface area contributed by atoms with Crippen molar-refractivity contribution >= 4 is 19.8 Å². The molecule has 374 valence electrons. The lowest BCUT2D eigenvalue weighted by atomic mass is 10.1. The number of phosphoric acid groups is 1. The summed E-state index contributed by atoms with van der Waals surface area (Å²) in [7, 11) is 1.13. The van der Waals surface area contributed by atoms with Crippen LogP contribution in [0.3, 0.4) is 0 Å². The van der Waals surface area contributed by atoms with E-state index >= 15 is 0 Å². The number of quaternary nitrogens is 1. The molecule has 2 unspecified atom stereocenters. The van der Waals surface area contributed by atoms with E-state index in [0.717, 1.165) is 116 Å². The first-order chi connectivity index (χ1) is 32.0. The second-order valence-electron chi connectivity index (χ2n) is 17.5. The highest BCUT2D eigenvalue weighted by molar-refractivity contribution is 7.45. The van der Waals surface area contributed by atoms with E-state index in [4.69, 9.17) is 18.5 Å². The maximum absolute atomic E-state index is 12.7. The van der Waals surface area contributed by atoms with E-state index < -0.39 is 32.5 Å². The van der Waals surface area contributed by atoms with Crippen LogP contribution >= 0.6 is 7.82 Å². The van der Waals surface area contributed by atoms with Gasteiger partial charge in [0.2, 0.25) is 0 Å². The SMILES string of the molecule is CC/C=C\C/C=C\C/C=C\C/C=C\C/C=C\C/C=C\C/C=C\C/C=C\C/C=C\C/C=C\CCCCCCC(=O)OC(COC(=O)CCCCCCCCC)COP(=O)([O-])OCC[N+](C)(C)C. The van der Waals surface area contributed by atoms with Gasteiger partial charge >= 0.3 is 11.9 Å². The molecule has 0 saturated heterocycles. The van der Waals surface area contributed by atoms with Crippen molar-refractivity contribution in [3.63, 3.8) is 0 Å². The molecule has 0 amide bonds. The number of ether oxygens (including phenoxy) is 2. The van der Waals surface area contributed by atoms with E-state index in [0.29, 0.717) is 17.4 Å². The first-order valence-electron chi connectivity index (χ1n) is 25.2.